The van der Waals surface area contributed by atoms with E-state index >= 15 is 0 Å². The molecule has 11 heteroatoms. The minimum Gasteiger partial charge on any atom is -0.324 e. The van der Waals surface area contributed by atoms with Gasteiger partial charge in [-0.05, 0) is 24.3 Å². The molecule has 0 aliphatic carbocycles. The van der Waals surface area contributed by atoms with E-state index in [0.717, 1.165) is 23.9 Å². The van der Waals surface area contributed by atoms with Gasteiger partial charge in [0, 0.05) is 17.4 Å². The van der Waals surface area contributed by atoms with Gasteiger partial charge in [-0.3, -0.25) is 19.7 Å². The molecule has 0 saturated heterocycles. The van der Waals surface area contributed by atoms with Gasteiger partial charge in [0.2, 0.25) is 11.8 Å². The summed E-state index contributed by atoms with van der Waals surface area (Å²) in [6.45, 7) is 0. The van der Waals surface area contributed by atoms with Gasteiger partial charge in [-0.1, -0.05) is 12.1 Å². The van der Waals surface area contributed by atoms with Gasteiger partial charge in [0.25, 0.3) is 5.69 Å². The van der Waals surface area contributed by atoms with Crippen molar-refractivity contribution in [1.82, 2.24) is 0 Å². The van der Waals surface area contributed by atoms with Crippen molar-refractivity contribution in [3.63, 3.8) is 0 Å². The van der Waals surface area contributed by atoms with E-state index in [4.69, 9.17) is 0 Å². The third kappa shape index (κ3) is 4.25. The SMILES string of the molecule is O=C(C[C@H]1Sc2ccc(C(F)(F)F)cc2NC1=O)Nc1ccccc1[N+](=O)[O-]. The van der Waals surface area contributed by atoms with E-state index in [-0.39, 0.29) is 23.5 Å². The lowest BCUT2D eigenvalue weighted by Gasteiger charge is -2.24. The number of nitrogens with zero attached hydrogens (tertiary/aromatic N) is 1. The van der Waals surface area contributed by atoms with Crippen LogP contribution in [0.15, 0.2) is 47.4 Å². The average molecular weight is 411 g/mol. The van der Waals surface area contributed by atoms with Crippen molar-refractivity contribution in [2.75, 3.05) is 10.6 Å². The summed E-state index contributed by atoms with van der Waals surface area (Å²) < 4.78 is 38.3. The molecule has 0 bridgehead atoms. The van der Waals surface area contributed by atoms with Gasteiger partial charge in [0.15, 0.2) is 0 Å². The number of hydrogen-bond donors (Lipinski definition) is 2. The van der Waals surface area contributed by atoms with E-state index in [2.05, 4.69) is 10.6 Å². The zero-order valence-electron chi connectivity index (χ0n) is 13.9. The van der Waals surface area contributed by atoms with Gasteiger partial charge in [-0.2, -0.15) is 13.2 Å². The molecule has 3 rings (SSSR count). The highest BCUT2D eigenvalue weighted by Gasteiger charge is 2.34. The van der Waals surface area contributed by atoms with E-state index in [1.54, 1.807) is 0 Å². The summed E-state index contributed by atoms with van der Waals surface area (Å²) in [5.41, 5.74) is -1.16. The summed E-state index contributed by atoms with van der Waals surface area (Å²) >= 11 is 0.960. The maximum Gasteiger partial charge on any atom is 0.416 e. The molecule has 146 valence electrons. The van der Waals surface area contributed by atoms with Gasteiger partial charge in [0.1, 0.15) is 5.69 Å². The summed E-state index contributed by atoms with van der Waals surface area (Å²) in [7, 11) is 0. The molecule has 1 heterocycles. The quantitative estimate of drug-likeness (QED) is 0.584. The van der Waals surface area contributed by atoms with Crippen molar-refractivity contribution in [1.29, 1.82) is 0 Å². The topological polar surface area (TPSA) is 101 Å². The fourth-order valence-corrected chi connectivity index (χ4v) is 3.66. The second-order valence-corrected chi connectivity index (χ2v) is 7.08. The number of halogens is 3. The van der Waals surface area contributed by atoms with E-state index in [9.17, 15) is 32.9 Å². The first-order chi connectivity index (χ1) is 13.1. The van der Waals surface area contributed by atoms with Crippen LogP contribution in [0.5, 0.6) is 0 Å². The number of fused-ring (bicyclic) bond motifs is 1. The van der Waals surface area contributed by atoms with Crippen LogP contribution >= 0.6 is 11.8 Å². The van der Waals surface area contributed by atoms with Gasteiger partial charge in [0.05, 0.1) is 21.4 Å². The number of carbonyl (C=O) groups excluding carboxylic acids is 2. The van der Waals surface area contributed by atoms with Crippen molar-refractivity contribution in [2.24, 2.45) is 0 Å². The molecular weight excluding hydrogens is 399 g/mol. The van der Waals surface area contributed by atoms with Gasteiger partial charge < -0.3 is 10.6 Å². The number of nitrogens with one attached hydrogen (secondary N) is 2. The number of nitro groups is 1. The number of alkyl halides is 3. The molecule has 28 heavy (non-hydrogen) atoms. The molecule has 2 amide bonds. The Labute approximate surface area is 160 Å². The number of hydrogen-bond acceptors (Lipinski definition) is 5. The van der Waals surface area contributed by atoms with Crippen molar-refractivity contribution in [3.05, 3.63) is 58.1 Å². The molecule has 2 aromatic rings. The highest BCUT2D eigenvalue weighted by atomic mass is 32.2. The smallest absolute Gasteiger partial charge is 0.324 e. The average Bonchev–Trinajstić information content (AvgIpc) is 2.61. The maximum absolute atomic E-state index is 12.8. The minimum atomic E-state index is -4.54. The van der Waals surface area contributed by atoms with Crippen LogP contribution in [-0.4, -0.2) is 22.0 Å². The molecule has 2 N–H and O–H groups in total. The molecule has 1 aliphatic rings. The normalized spacial score (nSPS) is 16.1. The van der Waals surface area contributed by atoms with Crippen molar-refractivity contribution < 1.29 is 27.7 Å². The molecule has 0 spiro atoms. The Hall–Kier alpha value is -3.08. The number of benzene rings is 2. The molecule has 1 aliphatic heterocycles. The van der Waals surface area contributed by atoms with Crippen LogP contribution in [0.1, 0.15) is 12.0 Å². The van der Waals surface area contributed by atoms with Crippen LogP contribution in [0.3, 0.4) is 0 Å². The van der Waals surface area contributed by atoms with E-state index in [0.29, 0.717) is 4.90 Å². The van der Waals surface area contributed by atoms with Gasteiger partial charge in [-0.15, -0.1) is 11.8 Å². The predicted molar refractivity (Wildman–Crippen MR) is 96.1 cm³/mol. The van der Waals surface area contributed by atoms with Crippen molar-refractivity contribution >= 4 is 40.6 Å². The van der Waals surface area contributed by atoms with Crippen LogP contribution in [0.25, 0.3) is 0 Å². The Bertz CT molecular complexity index is 965. The van der Waals surface area contributed by atoms with Crippen LogP contribution in [0.4, 0.5) is 30.2 Å². The van der Waals surface area contributed by atoms with E-state index < -0.39 is 33.7 Å². The zero-order valence-corrected chi connectivity index (χ0v) is 14.8. The van der Waals surface area contributed by atoms with Crippen LogP contribution in [0.2, 0.25) is 0 Å². The molecule has 7 nitrogen and oxygen atoms in total. The molecule has 0 aromatic heterocycles. The van der Waals surface area contributed by atoms with Crippen molar-refractivity contribution in [2.45, 2.75) is 22.7 Å². The number of thioether (sulfide) groups is 1. The first-order valence-electron chi connectivity index (χ1n) is 7.87. The molecule has 0 saturated carbocycles. The summed E-state index contributed by atoms with van der Waals surface area (Å²) in [4.78, 5) is 35.1. The van der Waals surface area contributed by atoms with E-state index in [1.165, 1.54) is 30.3 Å². The third-order valence-electron chi connectivity index (χ3n) is 3.87. The zero-order chi connectivity index (χ0) is 20.5. The minimum absolute atomic E-state index is 0.00561. The Morgan fingerprint density at radius 1 is 1.25 bits per heavy atom. The number of rotatable bonds is 4. The van der Waals surface area contributed by atoms with Gasteiger partial charge >= 0.3 is 6.18 Å². The predicted octanol–water partition coefficient (Wildman–Crippen LogP) is 4.06. The molecule has 2 aromatic carbocycles. The Morgan fingerprint density at radius 2 is 1.96 bits per heavy atom. The second-order valence-electron chi connectivity index (χ2n) is 5.83. The third-order valence-corrected chi connectivity index (χ3v) is 5.15. The summed E-state index contributed by atoms with van der Waals surface area (Å²) in [6, 6.07) is 8.51. The lowest BCUT2D eigenvalue weighted by molar-refractivity contribution is -0.383. The number of para-hydroxylation sites is 2. The second kappa shape index (κ2) is 7.50. The standard InChI is InChI=1S/C17H12F3N3O4S/c18-17(19,20)9-5-6-13-11(7-9)22-16(25)14(28-13)8-15(24)21-10-3-1-2-4-12(10)23(26)27/h1-7,14H,8H2,(H,21,24)(H,22,25)/t14-/m1/s1. The Balaban J connectivity index is 1.72. The molecule has 0 fully saturated rings. The Kier molecular flexibility index (Phi) is 5.27. The fraction of sp³-hybridized carbons (Fsp3) is 0.176. The first kappa shape index (κ1) is 19.7. The number of amides is 2. The first-order valence-corrected chi connectivity index (χ1v) is 8.75. The van der Waals surface area contributed by atoms with Crippen LogP contribution in [-0.2, 0) is 15.8 Å². The van der Waals surface area contributed by atoms with E-state index in [1.807, 2.05) is 0 Å². The van der Waals surface area contributed by atoms with Crippen LogP contribution < -0.4 is 10.6 Å². The number of nitro benzene ring substituents is 1. The lowest BCUT2D eigenvalue weighted by Crippen LogP contribution is -2.32. The number of carbonyl (C=O) groups is 2. The summed E-state index contributed by atoms with van der Waals surface area (Å²) in [6.07, 6.45) is -4.84. The van der Waals surface area contributed by atoms with Gasteiger partial charge in [-0.25, -0.2) is 0 Å². The largest absolute Gasteiger partial charge is 0.416 e. The summed E-state index contributed by atoms with van der Waals surface area (Å²) in [5.74, 6) is -1.24. The lowest BCUT2D eigenvalue weighted by atomic mass is 10.1. The van der Waals surface area contributed by atoms with Crippen LogP contribution in [0, 0.1) is 10.1 Å². The highest BCUT2D eigenvalue weighted by molar-refractivity contribution is 8.01. The fourth-order valence-electron chi connectivity index (χ4n) is 2.57. The maximum atomic E-state index is 12.8. The van der Waals surface area contributed by atoms with Crippen molar-refractivity contribution in [3.8, 4) is 0 Å². The highest BCUT2D eigenvalue weighted by Crippen LogP contribution is 2.40. The molecule has 1 atom stereocenters. The molecule has 0 unspecified atom stereocenters. The molecule has 0 radical (unpaired) electrons. The Morgan fingerprint density at radius 3 is 2.64 bits per heavy atom. The number of anilines is 2. The monoisotopic (exact) mass is 411 g/mol. The summed E-state index contributed by atoms with van der Waals surface area (Å²) in [5, 5.41) is 14.9. The molecular formula is C17H12F3N3O4S.